The maximum absolute atomic E-state index is 6.03. The molecule has 100 valence electrons. The van der Waals surface area contributed by atoms with Crippen LogP contribution in [-0.2, 0) is 0 Å². The molecule has 0 saturated heterocycles. The van der Waals surface area contributed by atoms with Crippen LogP contribution in [0.1, 0.15) is 52.9 Å². The van der Waals surface area contributed by atoms with Gasteiger partial charge in [-0.2, -0.15) is 0 Å². The zero-order chi connectivity index (χ0) is 12.5. The van der Waals surface area contributed by atoms with E-state index in [4.69, 9.17) is 5.73 Å². The molecule has 2 fully saturated rings. The van der Waals surface area contributed by atoms with Crippen LogP contribution in [0.4, 0.5) is 0 Å². The van der Waals surface area contributed by atoms with Crippen LogP contribution < -0.4 is 5.73 Å². The van der Waals surface area contributed by atoms with Gasteiger partial charge in [-0.15, -0.1) is 0 Å². The monoisotopic (exact) mass is 238 g/mol. The highest BCUT2D eigenvalue weighted by atomic mass is 15.2. The van der Waals surface area contributed by atoms with Crippen LogP contribution in [0.3, 0.4) is 0 Å². The highest BCUT2D eigenvalue weighted by molar-refractivity contribution is 4.87. The fraction of sp³-hybridized carbons (Fsp3) is 1.00. The van der Waals surface area contributed by atoms with Crippen molar-refractivity contribution in [3.8, 4) is 0 Å². The summed E-state index contributed by atoms with van der Waals surface area (Å²) >= 11 is 0. The summed E-state index contributed by atoms with van der Waals surface area (Å²) < 4.78 is 0. The zero-order valence-corrected chi connectivity index (χ0v) is 11.9. The Balaban J connectivity index is 1.88. The Morgan fingerprint density at radius 1 is 1.06 bits per heavy atom. The van der Waals surface area contributed by atoms with Gasteiger partial charge >= 0.3 is 0 Å². The Hall–Kier alpha value is -0.0800. The topological polar surface area (TPSA) is 29.3 Å². The van der Waals surface area contributed by atoms with E-state index in [9.17, 15) is 0 Å². The van der Waals surface area contributed by atoms with Crippen LogP contribution in [0.15, 0.2) is 0 Å². The van der Waals surface area contributed by atoms with E-state index in [-0.39, 0.29) is 0 Å². The summed E-state index contributed by atoms with van der Waals surface area (Å²) in [4.78, 5) is 2.72. The largest absolute Gasteiger partial charge is 0.329 e. The summed E-state index contributed by atoms with van der Waals surface area (Å²) in [6, 6.07) is 0.608. The summed E-state index contributed by atoms with van der Waals surface area (Å²) in [5.41, 5.74) is 6.43. The minimum absolute atomic E-state index is 0.398. The van der Waals surface area contributed by atoms with Crippen molar-refractivity contribution in [3.05, 3.63) is 0 Å². The fourth-order valence-corrected chi connectivity index (χ4v) is 2.71. The van der Waals surface area contributed by atoms with Gasteiger partial charge < -0.3 is 5.73 Å². The number of rotatable bonds is 7. The van der Waals surface area contributed by atoms with Crippen LogP contribution >= 0.6 is 0 Å². The summed E-state index contributed by atoms with van der Waals surface area (Å²) in [5, 5.41) is 0. The van der Waals surface area contributed by atoms with Gasteiger partial charge in [-0.05, 0) is 49.4 Å². The molecule has 0 heterocycles. The zero-order valence-electron chi connectivity index (χ0n) is 11.9. The molecule has 1 unspecified atom stereocenters. The molecule has 0 aliphatic heterocycles. The third-order valence-corrected chi connectivity index (χ3v) is 4.02. The van der Waals surface area contributed by atoms with Crippen LogP contribution in [-0.4, -0.2) is 30.6 Å². The molecule has 17 heavy (non-hydrogen) atoms. The average molecular weight is 238 g/mol. The lowest BCUT2D eigenvalue weighted by molar-refractivity contribution is 0.141. The third-order valence-electron chi connectivity index (χ3n) is 4.02. The third kappa shape index (κ3) is 4.97. The minimum atomic E-state index is 0.398. The number of nitrogens with zero attached hydrogens (tertiary/aromatic N) is 1. The predicted molar refractivity (Wildman–Crippen MR) is 73.9 cm³/mol. The Labute approximate surface area is 107 Å². The van der Waals surface area contributed by atoms with Gasteiger partial charge in [0.2, 0.25) is 0 Å². The highest BCUT2D eigenvalue weighted by Crippen LogP contribution is 2.35. The second-order valence-corrected chi connectivity index (χ2v) is 7.49. The highest BCUT2D eigenvalue weighted by Gasteiger charge is 2.33. The maximum atomic E-state index is 6.03. The van der Waals surface area contributed by atoms with Gasteiger partial charge in [0.25, 0.3) is 0 Å². The molecule has 2 aliphatic rings. The van der Waals surface area contributed by atoms with Crippen LogP contribution in [0, 0.1) is 17.3 Å². The molecule has 0 bridgehead atoms. The van der Waals surface area contributed by atoms with Crippen LogP contribution in [0.2, 0.25) is 0 Å². The second-order valence-electron chi connectivity index (χ2n) is 7.49. The average Bonchev–Trinajstić information content (AvgIpc) is 3.05. The van der Waals surface area contributed by atoms with Gasteiger partial charge in [0.15, 0.2) is 0 Å². The molecule has 0 amide bonds. The first-order chi connectivity index (χ1) is 7.98. The van der Waals surface area contributed by atoms with E-state index >= 15 is 0 Å². The first-order valence-electron chi connectivity index (χ1n) is 7.42. The Bertz CT molecular complexity index is 222. The molecule has 0 aromatic heterocycles. The van der Waals surface area contributed by atoms with Crippen LogP contribution in [0.25, 0.3) is 0 Å². The van der Waals surface area contributed by atoms with Crippen molar-refractivity contribution < 1.29 is 0 Å². The van der Waals surface area contributed by atoms with Crippen molar-refractivity contribution in [2.75, 3.05) is 19.6 Å². The van der Waals surface area contributed by atoms with Crippen molar-refractivity contribution in [3.63, 3.8) is 0 Å². The number of hydrogen-bond acceptors (Lipinski definition) is 2. The summed E-state index contributed by atoms with van der Waals surface area (Å²) in [5.74, 6) is 1.98. The van der Waals surface area contributed by atoms with E-state index in [0.29, 0.717) is 11.5 Å². The standard InChI is InChI=1S/C15H30N2/c1-15(2,3)8-14(9-16)17(10-12-4-5-12)11-13-6-7-13/h12-14H,4-11,16H2,1-3H3. The van der Waals surface area contributed by atoms with Crippen molar-refractivity contribution in [1.29, 1.82) is 0 Å². The molecule has 2 aliphatic carbocycles. The molecule has 0 aromatic rings. The molecule has 2 nitrogen and oxygen atoms in total. The minimum Gasteiger partial charge on any atom is -0.329 e. The predicted octanol–water partition coefficient (Wildman–Crippen LogP) is 2.87. The summed E-state index contributed by atoms with van der Waals surface area (Å²) in [7, 11) is 0. The normalized spacial score (nSPS) is 23.1. The Morgan fingerprint density at radius 2 is 1.53 bits per heavy atom. The molecule has 0 spiro atoms. The van der Waals surface area contributed by atoms with Crippen molar-refractivity contribution in [2.45, 2.75) is 58.9 Å². The van der Waals surface area contributed by atoms with Gasteiger partial charge in [0, 0.05) is 25.7 Å². The Morgan fingerprint density at radius 3 is 1.82 bits per heavy atom. The molecule has 0 aromatic carbocycles. The summed E-state index contributed by atoms with van der Waals surface area (Å²) in [6.45, 7) is 10.5. The quantitative estimate of drug-likeness (QED) is 0.739. The van der Waals surface area contributed by atoms with E-state index in [1.54, 1.807) is 0 Å². The van der Waals surface area contributed by atoms with Gasteiger partial charge in [-0.1, -0.05) is 20.8 Å². The van der Waals surface area contributed by atoms with E-state index in [1.807, 2.05) is 0 Å². The molecular weight excluding hydrogens is 208 g/mol. The molecule has 2 heteroatoms. The van der Waals surface area contributed by atoms with Crippen molar-refractivity contribution in [1.82, 2.24) is 4.90 Å². The molecule has 2 N–H and O–H groups in total. The lowest BCUT2D eigenvalue weighted by Crippen LogP contribution is -2.45. The number of nitrogens with two attached hydrogens (primary N) is 1. The molecule has 2 saturated carbocycles. The van der Waals surface area contributed by atoms with Gasteiger partial charge in [-0.25, -0.2) is 0 Å². The Kier molecular flexibility index (Phi) is 4.14. The van der Waals surface area contributed by atoms with E-state index in [2.05, 4.69) is 25.7 Å². The maximum Gasteiger partial charge on any atom is 0.0223 e. The SMILES string of the molecule is CC(C)(C)CC(CN)N(CC1CC1)CC1CC1. The lowest BCUT2D eigenvalue weighted by atomic mass is 9.87. The molecule has 1 atom stereocenters. The molecular formula is C15H30N2. The fourth-order valence-electron chi connectivity index (χ4n) is 2.71. The summed E-state index contributed by atoms with van der Waals surface area (Å²) in [6.07, 6.45) is 7.05. The van der Waals surface area contributed by atoms with Crippen molar-refractivity contribution >= 4 is 0 Å². The molecule has 0 radical (unpaired) electrons. The number of hydrogen-bond donors (Lipinski definition) is 1. The van der Waals surface area contributed by atoms with Gasteiger partial charge in [-0.3, -0.25) is 4.90 Å². The van der Waals surface area contributed by atoms with Crippen molar-refractivity contribution in [2.24, 2.45) is 23.0 Å². The van der Waals surface area contributed by atoms with E-state index in [0.717, 1.165) is 18.4 Å². The van der Waals surface area contributed by atoms with Gasteiger partial charge in [0.05, 0.1) is 0 Å². The first kappa shape index (κ1) is 13.4. The van der Waals surface area contributed by atoms with E-state index in [1.165, 1.54) is 45.2 Å². The molecule has 2 rings (SSSR count). The van der Waals surface area contributed by atoms with Gasteiger partial charge in [0.1, 0.15) is 0 Å². The lowest BCUT2D eigenvalue weighted by Gasteiger charge is -2.35. The second kappa shape index (κ2) is 5.27. The smallest absolute Gasteiger partial charge is 0.0223 e. The van der Waals surface area contributed by atoms with E-state index < -0.39 is 0 Å². The first-order valence-corrected chi connectivity index (χ1v) is 7.42. The van der Waals surface area contributed by atoms with Crippen LogP contribution in [0.5, 0.6) is 0 Å².